The number of nitrogens with one attached hydrogen (secondary N) is 2. The first-order chi connectivity index (χ1) is 9.63. The van der Waals surface area contributed by atoms with Crippen LogP contribution in [0.4, 0.5) is 5.69 Å². The molecule has 2 amide bonds. The molecule has 0 aliphatic heterocycles. The van der Waals surface area contributed by atoms with Crippen molar-refractivity contribution in [2.45, 2.75) is 0 Å². The van der Waals surface area contributed by atoms with Gasteiger partial charge in [-0.2, -0.15) is 0 Å². The number of phenolic OH excluding ortho intramolecular Hbond substituents is 1. The third-order valence-electron chi connectivity index (χ3n) is 2.67. The van der Waals surface area contributed by atoms with E-state index >= 15 is 0 Å². The predicted octanol–water partition coefficient (Wildman–Crippen LogP) is 1.76. The van der Waals surface area contributed by atoms with E-state index in [1.54, 1.807) is 24.3 Å². The van der Waals surface area contributed by atoms with Gasteiger partial charge in [-0.15, -0.1) is 0 Å². The second kappa shape index (κ2) is 5.85. The molecule has 2 aromatic rings. The van der Waals surface area contributed by atoms with E-state index < -0.39 is 11.8 Å². The summed E-state index contributed by atoms with van der Waals surface area (Å²) < 4.78 is 0. The fraction of sp³-hybridized carbons (Fsp3) is 0. The van der Waals surface area contributed by atoms with Gasteiger partial charge in [0.15, 0.2) is 0 Å². The highest BCUT2D eigenvalue weighted by Gasteiger charge is 2.15. The van der Waals surface area contributed by atoms with E-state index in [2.05, 4.69) is 5.32 Å². The van der Waals surface area contributed by atoms with Gasteiger partial charge in [0.2, 0.25) is 0 Å². The quantitative estimate of drug-likeness (QED) is 0.505. The molecule has 0 bridgehead atoms. The number of hydroxylamine groups is 1. The maximum absolute atomic E-state index is 12.0. The molecular weight excluding hydrogens is 260 g/mol. The molecule has 2 rings (SSSR count). The van der Waals surface area contributed by atoms with Crippen LogP contribution < -0.4 is 10.8 Å². The summed E-state index contributed by atoms with van der Waals surface area (Å²) in [6.07, 6.45) is 0. The molecule has 102 valence electrons. The maximum Gasteiger partial charge on any atom is 0.276 e. The highest BCUT2D eigenvalue weighted by Crippen LogP contribution is 2.20. The SMILES string of the molecule is O=C(Nc1ccccc1C(=O)NO)c1ccccc1O. The van der Waals surface area contributed by atoms with Gasteiger partial charge < -0.3 is 10.4 Å². The van der Waals surface area contributed by atoms with Crippen molar-refractivity contribution in [1.29, 1.82) is 0 Å². The molecule has 4 N–H and O–H groups in total. The lowest BCUT2D eigenvalue weighted by molar-refractivity contribution is 0.0707. The number of carbonyl (C=O) groups excluding carboxylic acids is 2. The van der Waals surface area contributed by atoms with E-state index in [1.807, 2.05) is 0 Å². The van der Waals surface area contributed by atoms with Crippen molar-refractivity contribution in [3.8, 4) is 5.75 Å². The van der Waals surface area contributed by atoms with E-state index in [0.29, 0.717) is 0 Å². The van der Waals surface area contributed by atoms with E-state index in [0.717, 1.165) is 0 Å². The van der Waals surface area contributed by atoms with Crippen molar-refractivity contribution >= 4 is 17.5 Å². The Kier molecular flexibility index (Phi) is 3.97. The molecule has 0 radical (unpaired) electrons. The summed E-state index contributed by atoms with van der Waals surface area (Å²) in [5, 5.41) is 20.8. The Morgan fingerprint density at radius 3 is 2.10 bits per heavy atom. The van der Waals surface area contributed by atoms with Gasteiger partial charge in [-0.3, -0.25) is 14.8 Å². The normalized spacial score (nSPS) is 9.85. The molecule has 2 aromatic carbocycles. The first-order valence-corrected chi connectivity index (χ1v) is 5.76. The predicted molar refractivity (Wildman–Crippen MR) is 71.8 cm³/mol. The van der Waals surface area contributed by atoms with Gasteiger partial charge in [-0.05, 0) is 24.3 Å². The summed E-state index contributed by atoms with van der Waals surface area (Å²) in [5.41, 5.74) is 1.93. The second-order valence-electron chi connectivity index (χ2n) is 3.96. The summed E-state index contributed by atoms with van der Waals surface area (Å²) in [5.74, 6) is -1.45. The monoisotopic (exact) mass is 272 g/mol. The molecular formula is C14H12N2O4. The summed E-state index contributed by atoms with van der Waals surface area (Å²) in [4.78, 5) is 23.5. The fourth-order valence-electron chi connectivity index (χ4n) is 1.71. The smallest absolute Gasteiger partial charge is 0.276 e. The Balaban J connectivity index is 2.29. The molecule has 0 saturated heterocycles. The summed E-state index contributed by atoms with van der Waals surface area (Å²) in [6, 6.07) is 12.3. The number of para-hydroxylation sites is 2. The standard InChI is InChI=1S/C14H12N2O4/c17-12-8-4-2-6-10(12)13(18)15-11-7-3-1-5-9(11)14(19)16-20/h1-8,17,20H,(H,15,18)(H,16,19). The van der Waals surface area contributed by atoms with Gasteiger partial charge >= 0.3 is 0 Å². The lowest BCUT2D eigenvalue weighted by atomic mass is 10.1. The van der Waals surface area contributed by atoms with E-state index in [9.17, 15) is 14.7 Å². The number of phenols is 1. The van der Waals surface area contributed by atoms with E-state index in [4.69, 9.17) is 5.21 Å². The number of benzene rings is 2. The fourth-order valence-corrected chi connectivity index (χ4v) is 1.71. The number of anilines is 1. The Hall–Kier alpha value is -2.86. The van der Waals surface area contributed by atoms with Crippen LogP contribution in [0.25, 0.3) is 0 Å². The van der Waals surface area contributed by atoms with Crippen LogP contribution in [0, 0.1) is 0 Å². The molecule has 0 spiro atoms. The zero-order chi connectivity index (χ0) is 14.5. The van der Waals surface area contributed by atoms with Gasteiger partial charge in [-0.25, -0.2) is 5.48 Å². The molecule has 0 fully saturated rings. The number of rotatable bonds is 3. The minimum atomic E-state index is -0.738. The topological polar surface area (TPSA) is 98.7 Å². The van der Waals surface area contributed by atoms with Crippen LogP contribution in [0.15, 0.2) is 48.5 Å². The van der Waals surface area contributed by atoms with Crippen LogP contribution in [0.1, 0.15) is 20.7 Å². The van der Waals surface area contributed by atoms with Crippen molar-refractivity contribution in [2.75, 3.05) is 5.32 Å². The van der Waals surface area contributed by atoms with Gasteiger partial charge in [0, 0.05) is 0 Å². The number of aromatic hydroxyl groups is 1. The van der Waals surface area contributed by atoms with Crippen molar-refractivity contribution in [1.82, 2.24) is 5.48 Å². The second-order valence-corrected chi connectivity index (χ2v) is 3.96. The summed E-state index contributed by atoms with van der Waals surface area (Å²) in [6.45, 7) is 0. The number of amides is 2. The molecule has 0 aliphatic rings. The van der Waals surface area contributed by atoms with Crippen LogP contribution in [0.5, 0.6) is 5.75 Å². The van der Waals surface area contributed by atoms with Crippen molar-refractivity contribution in [3.05, 3.63) is 59.7 Å². The number of hydrogen-bond acceptors (Lipinski definition) is 4. The summed E-state index contributed by atoms with van der Waals surface area (Å²) >= 11 is 0. The van der Waals surface area contributed by atoms with Gasteiger partial charge in [0.25, 0.3) is 11.8 Å². The minimum Gasteiger partial charge on any atom is -0.507 e. The van der Waals surface area contributed by atoms with Gasteiger partial charge in [-0.1, -0.05) is 24.3 Å². The van der Waals surface area contributed by atoms with Crippen molar-refractivity contribution in [2.24, 2.45) is 0 Å². The average molecular weight is 272 g/mol. The highest BCUT2D eigenvalue weighted by atomic mass is 16.5. The van der Waals surface area contributed by atoms with Crippen LogP contribution in [0.2, 0.25) is 0 Å². The maximum atomic E-state index is 12.0. The molecule has 0 saturated carbocycles. The van der Waals surface area contributed by atoms with Crippen LogP contribution in [0.3, 0.4) is 0 Å². The first-order valence-electron chi connectivity index (χ1n) is 5.76. The number of carbonyl (C=O) groups is 2. The third kappa shape index (κ3) is 2.76. The molecule has 0 unspecified atom stereocenters. The molecule has 6 heteroatoms. The molecule has 0 heterocycles. The van der Waals surface area contributed by atoms with E-state index in [-0.39, 0.29) is 22.6 Å². The Bertz CT molecular complexity index is 655. The third-order valence-corrected chi connectivity index (χ3v) is 2.67. The molecule has 0 aliphatic carbocycles. The zero-order valence-corrected chi connectivity index (χ0v) is 10.3. The number of hydrogen-bond donors (Lipinski definition) is 4. The largest absolute Gasteiger partial charge is 0.507 e. The lowest BCUT2D eigenvalue weighted by Crippen LogP contribution is -2.22. The zero-order valence-electron chi connectivity index (χ0n) is 10.3. The molecule has 0 aromatic heterocycles. The van der Waals surface area contributed by atoms with Crippen LogP contribution >= 0.6 is 0 Å². The summed E-state index contributed by atoms with van der Waals surface area (Å²) in [7, 11) is 0. The molecule has 0 atom stereocenters. The Morgan fingerprint density at radius 2 is 1.45 bits per heavy atom. The molecule has 6 nitrogen and oxygen atoms in total. The lowest BCUT2D eigenvalue weighted by Gasteiger charge is -2.10. The average Bonchev–Trinajstić information content (AvgIpc) is 2.47. The molecule has 20 heavy (non-hydrogen) atoms. The van der Waals surface area contributed by atoms with Crippen molar-refractivity contribution in [3.63, 3.8) is 0 Å². The highest BCUT2D eigenvalue weighted by molar-refractivity contribution is 6.09. The Morgan fingerprint density at radius 1 is 0.850 bits per heavy atom. The van der Waals surface area contributed by atoms with Crippen LogP contribution in [-0.2, 0) is 0 Å². The first kappa shape index (κ1) is 13.6. The Labute approximate surface area is 114 Å². The van der Waals surface area contributed by atoms with E-state index in [1.165, 1.54) is 29.7 Å². The minimum absolute atomic E-state index is 0.0895. The van der Waals surface area contributed by atoms with Crippen LogP contribution in [-0.4, -0.2) is 22.1 Å². The van der Waals surface area contributed by atoms with Gasteiger partial charge in [0.1, 0.15) is 5.75 Å². The van der Waals surface area contributed by atoms with Gasteiger partial charge in [0.05, 0.1) is 16.8 Å². The van der Waals surface area contributed by atoms with Crippen molar-refractivity contribution < 1.29 is 19.9 Å².